The summed E-state index contributed by atoms with van der Waals surface area (Å²) in [6, 6.07) is 3.87. The molecule has 0 bridgehead atoms. The maximum Gasteiger partial charge on any atom is 0.264 e. The van der Waals surface area contributed by atoms with E-state index in [9.17, 15) is 4.79 Å². The number of carbonyl (C=O) groups excluding carboxylic acids is 1. The molecule has 0 atom stereocenters. The van der Waals surface area contributed by atoms with Crippen LogP contribution >= 0.6 is 11.8 Å². The summed E-state index contributed by atoms with van der Waals surface area (Å²) in [5.74, 6) is 1.63. The maximum absolute atomic E-state index is 12.3. The summed E-state index contributed by atoms with van der Waals surface area (Å²) in [5, 5.41) is 3.53. The highest BCUT2D eigenvalue weighted by atomic mass is 32.2. The first-order valence-electron chi connectivity index (χ1n) is 8.23. The van der Waals surface area contributed by atoms with E-state index in [1.807, 2.05) is 0 Å². The number of ether oxygens (including phenoxy) is 3. The van der Waals surface area contributed by atoms with Gasteiger partial charge in [0.1, 0.15) is 5.75 Å². The molecule has 0 aromatic heterocycles. The Kier molecular flexibility index (Phi) is 5.53. The fraction of sp³-hybridized carbons (Fsp3) is 0.444. The highest BCUT2D eigenvalue weighted by Crippen LogP contribution is 2.37. The van der Waals surface area contributed by atoms with Gasteiger partial charge in [-0.2, -0.15) is 0 Å². The molecule has 1 N–H and O–H groups in total. The average molecular weight is 362 g/mol. The van der Waals surface area contributed by atoms with Crippen molar-refractivity contribution < 1.29 is 19.0 Å². The van der Waals surface area contributed by atoms with Gasteiger partial charge >= 0.3 is 0 Å². The Morgan fingerprint density at radius 3 is 2.36 bits per heavy atom. The molecule has 1 heterocycles. The lowest BCUT2D eigenvalue weighted by Gasteiger charge is -2.12. The first-order chi connectivity index (χ1) is 12.1. The summed E-state index contributed by atoms with van der Waals surface area (Å²) < 4.78 is 16.0. The Morgan fingerprint density at radius 1 is 1.08 bits per heavy atom. The van der Waals surface area contributed by atoms with Gasteiger partial charge in [0.05, 0.1) is 32.3 Å². The molecule has 2 aliphatic rings. The van der Waals surface area contributed by atoms with E-state index in [0.29, 0.717) is 33.4 Å². The van der Waals surface area contributed by atoms with Crippen molar-refractivity contribution in [3.8, 4) is 17.2 Å². The number of amidine groups is 1. The van der Waals surface area contributed by atoms with Crippen LogP contribution in [-0.4, -0.2) is 38.4 Å². The molecule has 25 heavy (non-hydrogen) atoms. The van der Waals surface area contributed by atoms with Crippen molar-refractivity contribution in [1.82, 2.24) is 5.32 Å². The van der Waals surface area contributed by atoms with Gasteiger partial charge in [-0.3, -0.25) is 9.79 Å². The molecule has 2 fully saturated rings. The largest absolute Gasteiger partial charge is 0.496 e. The summed E-state index contributed by atoms with van der Waals surface area (Å²) in [6.07, 6.45) is 6.42. The van der Waals surface area contributed by atoms with Gasteiger partial charge in [-0.1, -0.05) is 12.8 Å². The van der Waals surface area contributed by atoms with Gasteiger partial charge in [0, 0.05) is 11.6 Å². The van der Waals surface area contributed by atoms with E-state index in [2.05, 4.69) is 10.3 Å². The minimum atomic E-state index is -0.140. The van der Waals surface area contributed by atoms with Crippen LogP contribution in [0.2, 0.25) is 0 Å². The zero-order valence-corrected chi connectivity index (χ0v) is 15.4. The molecule has 1 saturated heterocycles. The Bertz CT molecular complexity index is 724. The minimum absolute atomic E-state index is 0.140. The SMILES string of the molecule is COc1cc(OC)c(OC)cc1/C=C1\SC(=NC2CCCC2)NC1=O. The lowest BCUT2D eigenvalue weighted by Crippen LogP contribution is -2.21. The summed E-state index contributed by atoms with van der Waals surface area (Å²) >= 11 is 1.37. The molecule has 0 spiro atoms. The van der Waals surface area contributed by atoms with E-state index in [4.69, 9.17) is 14.2 Å². The highest BCUT2D eigenvalue weighted by Gasteiger charge is 2.26. The highest BCUT2D eigenvalue weighted by molar-refractivity contribution is 8.18. The van der Waals surface area contributed by atoms with Gasteiger partial charge in [0.2, 0.25) is 0 Å². The molecule has 1 aliphatic heterocycles. The van der Waals surface area contributed by atoms with Crippen LogP contribution < -0.4 is 19.5 Å². The molecule has 1 aromatic rings. The molecule has 134 valence electrons. The monoisotopic (exact) mass is 362 g/mol. The van der Waals surface area contributed by atoms with E-state index in [1.54, 1.807) is 39.5 Å². The fourth-order valence-corrected chi connectivity index (χ4v) is 3.88. The third-order valence-corrected chi connectivity index (χ3v) is 5.22. The molecule has 1 amide bonds. The first kappa shape index (κ1) is 17.7. The summed E-state index contributed by atoms with van der Waals surface area (Å²) in [5.41, 5.74) is 0.750. The van der Waals surface area contributed by atoms with Crippen LogP contribution in [0.4, 0.5) is 0 Å². The van der Waals surface area contributed by atoms with Crippen LogP contribution in [0.1, 0.15) is 31.2 Å². The third kappa shape index (κ3) is 3.92. The Morgan fingerprint density at radius 2 is 1.72 bits per heavy atom. The molecule has 0 radical (unpaired) electrons. The second kappa shape index (κ2) is 7.82. The number of benzene rings is 1. The number of amides is 1. The van der Waals surface area contributed by atoms with Crippen molar-refractivity contribution in [2.45, 2.75) is 31.7 Å². The quantitative estimate of drug-likeness (QED) is 0.815. The van der Waals surface area contributed by atoms with Gasteiger partial charge in [0.15, 0.2) is 16.7 Å². The lowest BCUT2D eigenvalue weighted by molar-refractivity contribution is -0.115. The number of carbonyl (C=O) groups is 1. The standard InChI is InChI=1S/C18H22N2O4S/c1-22-13-10-15(24-3)14(23-2)8-11(13)9-16-17(21)20-18(25-16)19-12-6-4-5-7-12/h8-10,12H,4-7H2,1-3H3,(H,19,20,21)/b16-9-. The van der Waals surface area contributed by atoms with E-state index >= 15 is 0 Å². The zero-order valence-electron chi connectivity index (χ0n) is 14.6. The Balaban J connectivity index is 1.88. The molecule has 1 aromatic carbocycles. The van der Waals surface area contributed by atoms with Gasteiger partial charge in [-0.05, 0) is 36.7 Å². The summed E-state index contributed by atoms with van der Waals surface area (Å²) in [6.45, 7) is 0. The van der Waals surface area contributed by atoms with Crippen molar-refractivity contribution in [3.05, 3.63) is 22.6 Å². The minimum Gasteiger partial charge on any atom is -0.496 e. The number of aliphatic imine (C=N–C) groups is 1. The third-order valence-electron chi connectivity index (χ3n) is 4.30. The van der Waals surface area contributed by atoms with Gasteiger partial charge in [-0.15, -0.1) is 0 Å². The van der Waals surface area contributed by atoms with E-state index in [1.165, 1.54) is 24.6 Å². The smallest absolute Gasteiger partial charge is 0.264 e. The molecular formula is C18H22N2O4S. The topological polar surface area (TPSA) is 69.2 Å². The number of nitrogens with one attached hydrogen (secondary N) is 1. The van der Waals surface area contributed by atoms with Gasteiger partial charge in [0.25, 0.3) is 5.91 Å². The lowest BCUT2D eigenvalue weighted by atomic mass is 10.1. The van der Waals surface area contributed by atoms with E-state index in [0.717, 1.165) is 18.4 Å². The molecule has 0 unspecified atom stereocenters. The Labute approximate surface area is 151 Å². The van der Waals surface area contributed by atoms with Crippen LogP contribution in [0.25, 0.3) is 6.08 Å². The molecule has 3 rings (SSSR count). The molecule has 1 aliphatic carbocycles. The number of hydrogen-bond acceptors (Lipinski definition) is 6. The summed E-state index contributed by atoms with van der Waals surface area (Å²) in [7, 11) is 4.73. The number of hydrogen-bond donors (Lipinski definition) is 1. The number of rotatable bonds is 5. The molecular weight excluding hydrogens is 340 g/mol. The predicted molar refractivity (Wildman–Crippen MR) is 99.5 cm³/mol. The van der Waals surface area contributed by atoms with Crippen molar-refractivity contribution in [3.63, 3.8) is 0 Å². The van der Waals surface area contributed by atoms with Crippen LogP contribution in [0.15, 0.2) is 22.0 Å². The van der Waals surface area contributed by atoms with Crippen molar-refractivity contribution in [2.24, 2.45) is 4.99 Å². The number of thioether (sulfide) groups is 1. The van der Waals surface area contributed by atoms with Crippen molar-refractivity contribution in [1.29, 1.82) is 0 Å². The first-order valence-corrected chi connectivity index (χ1v) is 9.05. The van der Waals surface area contributed by atoms with Crippen molar-refractivity contribution >= 4 is 28.9 Å². The number of nitrogens with zero attached hydrogens (tertiary/aromatic N) is 1. The average Bonchev–Trinajstić information content (AvgIpc) is 3.24. The normalized spacial score (nSPS) is 21.0. The van der Waals surface area contributed by atoms with Crippen LogP contribution in [0.3, 0.4) is 0 Å². The number of methoxy groups -OCH3 is 3. The predicted octanol–water partition coefficient (Wildman–Crippen LogP) is 3.21. The molecule has 1 saturated carbocycles. The molecule has 6 nitrogen and oxygen atoms in total. The van der Waals surface area contributed by atoms with Crippen LogP contribution in [-0.2, 0) is 4.79 Å². The summed E-state index contributed by atoms with van der Waals surface area (Å²) in [4.78, 5) is 17.5. The van der Waals surface area contributed by atoms with Crippen LogP contribution in [0, 0.1) is 0 Å². The fourth-order valence-electron chi connectivity index (χ4n) is 2.99. The molecule has 7 heteroatoms. The zero-order chi connectivity index (χ0) is 17.8. The Hall–Kier alpha value is -2.15. The van der Waals surface area contributed by atoms with E-state index < -0.39 is 0 Å². The van der Waals surface area contributed by atoms with Crippen molar-refractivity contribution in [2.75, 3.05) is 21.3 Å². The van der Waals surface area contributed by atoms with E-state index in [-0.39, 0.29) is 5.91 Å². The second-order valence-electron chi connectivity index (χ2n) is 5.89. The maximum atomic E-state index is 12.3. The van der Waals surface area contributed by atoms with Gasteiger partial charge in [-0.25, -0.2) is 0 Å². The second-order valence-corrected chi connectivity index (χ2v) is 6.92. The van der Waals surface area contributed by atoms with Gasteiger partial charge < -0.3 is 19.5 Å². The van der Waals surface area contributed by atoms with Crippen LogP contribution in [0.5, 0.6) is 17.2 Å².